The minimum Gasteiger partial charge on any atom is -0.393 e. The maximum atomic E-state index is 9.07. The van der Waals surface area contributed by atoms with Crippen molar-refractivity contribution in [2.24, 2.45) is 0 Å². The zero-order chi connectivity index (χ0) is 9.84. The SMILES string of the molecule is C[C@H](O)CCc1c(Cl)ncnc1Cl. The smallest absolute Gasteiger partial charge is 0.137 e. The summed E-state index contributed by atoms with van der Waals surface area (Å²) in [5.74, 6) is 0. The zero-order valence-corrected chi connectivity index (χ0v) is 8.68. The minimum absolute atomic E-state index is 0.362. The predicted octanol–water partition coefficient (Wildman–Crippen LogP) is 2.10. The van der Waals surface area contributed by atoms with Crippen LogP contribution in [-0.4, -0.2) is 21.2 Å². The van der Waals surface area contributed by atoms with Gasteiger partial charge in [0, 0.05) is 5.56 Å². The Labute approximate surface area is 86.7 Å². The normalized spacial score (nSPS) is 12.9. The highest BCUT2D eigenvalue weighted by atomic mass is 35.5. The van der Waals surface area contributed by atoms with E-state index in [4.69, 9.17) is 28.3 Å². The summed E-state index contributed by atoms with van der Waals surface area (Å²) >= 11 is 11.6. The molecule has 1 heterocycles. The lowest BCUT2D eigenvalue weighted by molar-refractivity contribution is 0.185. The van der Waals surface area contributed by atoms with Gasteiger partial charge >= 0.3 is 0 Å². The van der Waals surface area contributed by atoms with E-state index < -0.39 is 0 Å². The molecular formula is C8H10Cl2N2O. The van der Waals surface area contributed by atoms with Crippen LogP contribution in [0.5, 0.6) is 0 Å². The van der Waals surface area contributed by atoms with Crippen LogP contribution in [0.4, 0.5) is 0 Å². The van der Waals surface area contributed by atoms with Crippen molar-refractivity contribution in [2.75, 3.05) is 0 Å². The van der Waals surface area contributed by atoms with Gasteiger partial charge in [-0.1, -0.05) is 23.2 Å². The molecule has 1 aromatic rings. The Morgan fingerprint density at radius 3 is 2.38 bits per heavy atom. The summed E-state index contributed by atoms with van der Waals surface area (Å²) in [5, 5.41) is 9.79. The van der Waals surface area contributed by atoms with Gasteiger partial charge in [-0.3, -0.25) is 0 Å². The highest BCUT2D eigenvalue weighted by molar-refractivity contribution is 6.34. The lowest BCUT2D eigenvalue weighted by atomic mass is 10.1. The van der Waals surface area contributed by atoms with Crippen molar-refractivity contribution in [3.05, 3.63) is 22.2 Å². The summed E-state index contributed by atoms with van der Waals surface area (Å²) in [4.78, 5) is 7.61. The van der Waals surface area contributed by atoms with Crippen LogP contribution in [0.1, 0.15) is 18.9 Å². The first-order chi connectivity index (χ1) is 6.11. The first-order valence-corrected chi connectivity index (χ1v) is 4.69. The van der Waals surface area contributed by atoms with Crippen LogP contribution in [0, 0.1) is 0 Å². The van der Waals surface area contributed by atoms with Crippen molar-refractivity contribution >= 4 is 23.2 Å². The summed E-state index contributed by atoms with van der Waals surface area (Å²) in [6.07, 6.45) is 2.15. The fraction of sp³-hybridized carbons (Fsp3) is 0.500. The molecule has 0 saturated carbocycles. The first kappa shape index (κ1) is 10.7. The summed E-state index contributed by atoms with van der Waals surface area (Å²) in [5.41, 5.74) is 0.701. The van der Waals surface area contributed by atoms with Crippen molar-refractivity contribution < 1.29 is 5.11 Å². The molecule has 0 spiro atoms. The van der Waals surface area contributed by atoms with Crippen LogP contribution in [0.25, 0.3) is 0 Å². The Hall–Kier alpha value is -0.380. The molecule has 0 amide bonds. The Morgan fingerprint density at radius 2 is 1.92 bits per heavy atom. The summed E-state index contributed by atoms with van der Waals surface area (Å²) < 4.78 is 0. The number of aromatic nitrogens is 2. The van der Waals surface area contributed by atoms with Gasteiger partial charge in [0.25, 0.3) is 0 Å². The van der Waals surface area contributed by atoms with E-state index in [0.29, 0.717) is 28.7 Å². The van der Waals surface area contributed by atoms with Crippen molar-refractivity contribution in [3.8, 4) is 0 Å². The third-order valence-electron chi connectivity index (χ3n) is 1.65. The fourth-order valence-electron chi connectivity index (χ4n) is 0.931. The quantitative estimate of drug-likeness (QED) is 0.795. The standard InChI is InChI=1S/C8H10Cl2N2O/c1-5(13)2-3-6-7(9)11-4-12-8(6)10/h4-5,13H,2-3H2,1H3/t5-/m0/s1. The maximum Gasteiger partial charge on any atom is 0.137 e. The van der Waals surface area contributed by atoms with E-state index in [-0.39, 0.29) is 6.10 Å². The van der Waals surface area contributed by atoms with E-state index in [1.807, 2.05) is 0 Å². The number of aliphatic hydroxyl groups excluding tert-OH is 1. The molecule has 0 fully saturated rings. The van der Waals surface area contributed by atoms with Gasteiger partial charge < -0.3 is 5.11 Å². The van der Waals surface area contributed by atoms with Gasteiger partial charge in [0.2, 0.25) is 0 Å². The fourth-order valence-corrected chi connectivity index (χ4v) is 1.43. The van der Waals surface area contributed by atoms with Crippen molar-refractivity contribution in [2.45, 2.75) is 25.9 Å². The Morgan fingerprint density at radius 1 is 1.38 bits per heavy atom. The molecular weight excluding hydrogens is 211 g/mol. The molecule has 0 saturated heterocycles. The highest BCUT2D eigenvalue weighted by Crippen LogP contribution is 2.21. The Balaban J connectivity index is 2.75. The maximum absolute atomic E-state index is 9.07. The van der Waals surface area contributed by atoms with Crippen LogP contribution in [0.3, 0.4) is 0 Å². The molecule has 0 aliphatic rings. The molecule has 13 heavy (non-hydrogen) atoms. The second-order valence-corrected chi connectivity index (χ2v) is 3.54. The average Bonchev–Trinajstić information content (AvgIpc) is 2.03. The van der Waals surface area contributed by atoms with Crippen molar-refractivity contribution in [1.29, 1.82) is 0 Å². The average molecular weight is 221 g/mol. The minimum atomic E-state index is -0.368. The molecule has 1 atom stereocenters. The second kappa shape index (κ2) is 4.74. The lowest BCUT2D eigenvalue weighted by Crippen LogP contribution is -2.03. The monoisotopic (exact) mass is 220 g/mol. The summed E-state index contributed by atoms with van der Waals surface area (Å²) in [6, 6.07) is 0. The number of aliphatic hydroxyl groups is 1. The molecule has 3 nitrogen and oxygen atoms in total. The molecule has 72 valence electrons. The molecule has 0 aliphatic heterocycles. The molecule has 0 radical (unpaired) electrons. The van der Waals surface area contributed by atoms with Gasteiger partial charge in [-0.05, 0) is 19.8 Å². The largest absolute Gasteiger partial charge is 0.393 e. The van der Waals surface area contributed by atoms with Crippen LogP contribution in [0.15, 0.2) is 6.33 Å². The molecule has 1 rings (SSSR count). The number of hydrogen-bond donors (Lipinski definition) is 1. The van der Waals surface area contributed by atoms with Crippen molar-refractivity contribution in [3.63, 3.8) is 0 Å². The third kappa shape index (κ3) is 3.10. The second-order valence-electron chi connectivity index (χ2n) is 2.82. The van der Waals surface area contributed by atoms with Gasteiger partial charge in [-0.15, -0.1) is 0 Å². The Bertz CT molecular complexity index is 271. The van der Waals surface area contributed by atoms with E-state index in [2.05, 4.69) is 9.97 Å². The molecule has 1 N–H and O–H groups in total. The number of rotatable bonds is 3. The van der Waals surface area contributed by atoms with E-state index in [1.54, 1.807) is 6.92 Å². The van der Waals surface area contributed by atoms with Gasteiger partial charge in [-0.2, -0.15) is 0 Å². The Kier molecular flexibility index (Phi) is 3.90. The highest BCUT2D eigenvalue weighted by Gasteiger charge is 2.08. The number of halogens is 2. The van der Waals surface area contributed by atoms with E-state index in [0.717, 1.165) is 0 Å². The van der Waals surface area contributed by atoms with E-state index in [9.17, 15) is 0 Å². The van der Waals surface area contributed by atoms with E-state index >= 15 is 0 Å². The van der Waals surface area contributed by atoms with Crippen LogP contribution in [0.2, 0.25) is 10.3 Å². The molecule has 0 unspecified atom stereocenters. The molecule has 0 aliphatic carbocycles. The van der Waals surface area contributed by atoms with Crippen LogP contribution < -0.4 is 0 Å². The summed E-state index contributed by atoms with van der Waals surface area (Å²) in [7, 11) is 0. The third-order valence-corrected chi connectivity index (χ3v) is 2.30. The zero-order valence-electron chi connectivity index (χ0n) is 7.17. The number of nitrogens with zero attached hydrogens (tertiary/aromatic N) is 2. The summed E-state index contributed by atoms with van der Waals surface area (Å²) in [6.45, 7) is 1.71. The van der Waals surface area contributed by atoms with Crippen LogP contribution >= 0.6 is 23.2 Å². The number of hydrogen-bond acceptors (Lipinski definition) is 3. The first-order valence-electron chi connectivity index (χ1n) is 3.94. The van der Waals surface area contributed by atoms with Gasteiger partial charge in [0.1, 0.15) is 16.6 Å². The van der Waals surface area contributed by atoms with Gasteiger partial charge in [0.05, 0.1) is 6.10 Å². The van der Waals surface area contributed by atoms with Gasteiger partial charge in [-0.25, -0.2) is 9.97 Å². The lowest BCUT2D eigenvalue weighted by Gasteiger charge is -2.06. The molecule has 0 bridgehead atoms. The predicted molar refractivity (Wildman–Crippen MR) is 52.1 cm³/mol. The van der Waals surface area contributed by atoms with Gasteiger partial charge in [0.15, 0.2) is 0 Å². The molecule has 0 aromatic carbocycles. The van der Waals surface area contributed by atoms with Crippen molar-refractivity contribution in [1.82, 2.24) is 9.97 Å². The molecule has 1 aromatic heterocycles. The van der Waals surface area contributed by atoms with Crippen LogP contribution in [-0.2, 0) is 6.42 Å². The topological polar surface area (TPSA) is 46.0 Å². The van der Waals surface area contributed by atoms with E-state index in [1.165, 1.54) is 6.33 Å². The molecule has 5 heteroatoms.